The van der Waals surface area contributed by atoms with Crippen LogP contribution in [0.3, 0.4) is 0 Å². The molecule has 0 bridgehead atoms. The monoisotopic (exact) mass is 329 g/mol. The van der Waals surface area contributed by atoms with Crippen LogP contribution in [0.4, 0.5) is 5.69 Å². The number of non-ortho nitro benzene ring substituents is 1. The summed E-state index contributed by atoms with van der Waals surface area (Å²) in [7, 11) is 0. The van der Waals surface area contributed by atoms with Gasteiger partial charge in [0.2, 0.25) is 0 Å². The Labute approximate surface area is 119 Å². The number of carbonyl (C=O) groups excluding carboxylic acids is 1. The first-order chi connectivity index (χ1) is 8.82. The molecule has 3 N–H and O–H groups in total. The van der Waals surface area contributed by atoms with Gasteiger partial charge >= 0.3 is 0 Å². The quantitative estimate of drug-likeness (QED) is 0.638. The summed E-state index contributed by atoms with van der Waals surface area (Å²) in [5, 5.41) is 13.4. The van der Waals surface area contributed by atoms with Gasteiger partial charge in [-0.3, -0.25) is 14.9 Å². The third-order valence-electron chi connectivity index (χ3n) is 2.76. The molecule has 1 aromatic rings. The van der Waals surface area contributed by atoms with Crippen LogP contribution in [0.25, 0.3) is 0 Å². The third-order valence-corrected chi connectivity index (χ3v) is 3.45. The number of hydrogen-bond acceptors (Lipinski definition) is 4. The Morgan fingerprint density at radius 1 is 1.53 bits per heavy atom. The molecule has 0 spiro atoms. The number of halogens is 1. The second-order valence-electron chi connectivity index (χ2n) is 4.54. The third kappa shape index (κ3) is 4.29. The Hall–Kier alpha value is -1.47. The maximum atomic E-state index is 11.9. The Morgan fingerprint density at radius 3 is 2.68 bits per heavy atom. The number of rotatable bonds is 5. The van der Waals surface area contributed by atoms with Gasteiger partial charge in [-0.2, -0.15) is 0 Å². The van der Waals surface area contributed by atoms with Gasteiger partial charge in [0.25, 0.3) is 11.6 Å². The van der Waals surface area contributed by atoms with Crippen molar-refractivity contribution in [1.29, 1.82) is 0 Å². The summed E-state index contributed by atoms with van der Waals surface area (Å²) in [6, 6.07) is 3.90. The van der Waals surface area contributed by atoms with Crippen molar-refractivity contribution in [2.75, 3.05) is 6.54 Å². The molecule has 6 nitrogen and oxygen atoms in total. The van der Waals surface area contributed by atoms with Gasteiger partial charge in [-0.1, -0.05) is 13.8 Å². The Kier molecular flexibility index (Phi) is 5.44. The van der Waals surface area contributed by atoms with E-state index < -0.39 is 4.92 Å². The molecule has 0 saturated carbocycles. The summed E-state index contributed by atoms with van der Waals surface area (Å²) >= 11 is 3.20. The molecule has 0 fully saturated rings. The predicted octanol–water partition coefficient (Wildman–Crippen LogP) is 2.07. The fourth-order valence-corrected chi connectivity index (χ4v) is 1.77. The molecule has 104 valence electrons. The van der Waals surface area contributed by atoms with Gasteiger partial charge < -0.3 is 11.1 Å². The lowest BCUT2D eigenvalue weighted by molar-refractivity contribution is -0.384. The molecule has 0 aliphatic carbocycles. The van der Waals surface area contributed by atoms with Crippen LogP contribution in [0.15, 0.2) is 22.7 Å². The van der Waals surface area contributed by atoms with Crippen LogP contribution >= 0.6 is 15.9 Å². The zero-order valence-electron chi connectivity index (χ0n) is 10.7. The molecule has 7 heteroatoms. The van der Waals surface area contributed by atoms with E-state index in [2.05, 4.69) is 21.2 Å². The number of hydrogen-bond donors (Lipinski definition) is 2. The van der Waals surface area contributed by atoms with Crippen LogP contribution in [-0.2, 0) is 0 Å². The molecular formula is C12H16BrN3O3. The maximum Gasteiger partial charge on any atom is 0.270 e. The van der Waals surface area contributed by atoms with Crippen molar-refractivity contribution in [3.05, 3.63) is 38.3 Å². The highest BCUT2D eigenvalue weighted by molar-refractivity contribution is 9.10. The van der Waals surface area contributed by atoms with E-state index in [9.17, 15) is 14.9 Å². The molecule has 1 rings (SSSR count). The maximum absolute atomic E-state index is 11.9. The standard InChI is InChI=1S/C12H16BrN3O3/c1-7(2)11(14)6-15-12(17)9-5-8(16(18)19)3-4-10(9)13/h3-5,7,11H,6,14H2,1-2H3,(H,15,17). The molecule has 0 saturated heterocycles. The first kappa shape index (κ1) is 15.6. The minimum absolute atomic E-state index is 0.124. The van der Waals surface area contributed by atoms with Crippen molar-refractivity contribution in [2.24, 2.45) is 11.7 Å². The van der Waals surface area contributed by atoms with Gasteiger partial charge in [0.05, 0.1) is 10.5 Å². The largest absolute Gasteiger partial charge is 0.350 e. The van der Waals surface area contributed by atoms with E-state index in [0.717, 1.165) is 0 Å². The van der Waals surface area contributed by atoms with E-state index in [1.807, 2.05) is 13.8 Å². The second-order valence-corrected chi connectivity index (χ2v) is 5.39. The Balaban J connectivity index is 2.82. The van der Waals surface area contributed by atoms with E-state index in [4.69, 9.17) is 5.73 Å². The molecule has 1 amide bonds. The number of nitrogens with zero attached hydrogens (tertiary/aromatic N) is 1. The smallest absolute Gasteiger partial charge is 0.270 e. The van der Waals surface area contributed by atoms with E-state index in [0.29, 0.717) is 11.0 Å². The zero-order valence-corrected chi connectivity index (χ0v) is 12.3. The first-order valence-corrected chi connectivity index (χ1v) is 6.60. The number of nitro benzene ring substituents is 1. The first-order valence-electron chi connectivity index (χ1n) is 5.80. The van der Waals surface area contributed by atoms with Gasteiger partial charge in [-0.15, -0.1) is 0 Å². The van der Waals surface area contributed by atoms with Crippen LogP contribution in [0.2, 0.25) is 0 Å². The van der Waals surface area contributed by atoms with Gasteiger partial charge in [-0.25, -0.2) is 0 Å². The van der Waals surface area contributed by atoms with Gasteiger partial charge in [0.1, 0.15) is 0 Å². The Bertz CT molecular complexity index is 491. The number of nitro groups is 1. The summed E-state index contributed by atoms with van der Waals surface area (Å²) < 4.78 is 0.508. The number of carbonyl (C=O) groups is 1. The fourth-order valence-electron chi connectivity index (χ4n) is 1.34. The molecule has 0 aliphatic heterocycles. The number of amides is 1. The molecule has 19 heavy (non-hydrogen) atoms. The number of benzene rings is 1. The zero-order chi connectivity index (χ0) is 14.6. The van der Waals surface area contributed by atoms with Crippen LogP contribution in [0.5, 0.6) is 0 Å². The van der Waals surface area contributed by atoms with Gasteiger partial charge in [0, 0.05) is 29.2 Å². The van der Waals surface area contributed by atoms with E-state index >= 15 is 0 Å². The lowest BCUT2D eigenvalue weighted by Gasteiger charge is -2.16. The topological polar surface area (TPSA) is 98.3 Å². The molecule has 1 unspecified atom stereocenters. The average Bonchev–Trinajstić information content (AvgIpc) is 2.35. The number of nitrogens with two attached hydrogens (primary N) is 1. The fraction of sp³-hybridized carbons (Fsp3) is 0.417. The van der Waals surface area contributed by atoms with Crippen LogP contribution in [-0.4, -0.2) is 23.4 Å². The van der Waals surface area contributed by atoms with Crippen LogP contribution in [0, 0.1) is 16.0 Å². The summed E-state index contributed by atoms with van der Waals surface area (Å²) in [5.41, 5.74) is 5.93. The SMILES string of the molecule is CC(C)C(N)CNC(=O)c1cc([N+](=O)[O-])ccc1Br. The minimum Gasteiger partial charge on any atom is -0.350 e. The molecule has 0 radical (unpaired) electrons. The van der Waals surface area contributed by atoms with Crippen molar-refractivity contribution < 1.29 is 9.72 Å². The summed E-state index contributed by atoms with van der Waals surface area (Å²) in [5.74, 6) is -0.138. The normalized spacial score (nSPS) is 12.3. The van der Waals surface area contributed by atoms with Crippen LogP contribution < -0.4 is 11.1 Å². The van der Waals surface area contributed by atoms with Crippen molar-refractivity contribution >= 4 is 27.5 Å². The van der Waals surface area contributed by atoms with Crippen molar-refractivity contribution in [2.45, 2.75) is 19.9 Å². The highest BCUT2D eigenvalue weighted by Gasteiger charge is 2.16. The molecular weight excluding hydrogens is 314 g/mol. The highest BCUT2D eigenvalue weighted by Crippen LogP contribution is 2.22. The van der Waals surface area contributed by atoms with Crippen molar-refractivity contribution in [1.82, 2.24) is 5.32 Å². The summed E-state index contributed by atoms with van der Waals surface area (Å²) in [6.07, 6.45) is 0. The average molecular weight is 330 g/mol. The van der Waals surface area contributed by atoms with E-state index in [1.54, 1.807) is 0 Å². The van der Waals surface area contributed by atoms with Crippen molar-refractivity contribution in [3.8, 4) is 0 Å². The van der Waals surface area contributed by atoms with E-state index in [1.165, 1.54) is 18.2 Å². The summed E-state index contributed by atoms with van der Waals surface area (Å²) in [6.45, 7) is 4.24. The van der Waals surface area contributed by atoms with Crippen LogP contribution in [0.1, 0.15) is 24.2 Å². The van der Waals surface area contributed by atoms with Crippen molar-refractivity contribution in [3.63, 3.8) is 0 Å². The van der Waals surface area contributed by atoms with E-state index in [-0.39, 0.29) is 29.1 Å². The molecule has 1 aromatic carbocycles. The molecule has 1 atom stereocenters. The molecule has 0 aliphatic rings. The number of nitrogens with one attached hydrogen (secondary N) is 1. The lowest BCUT2D eigenvalue weighted by atomic mass is 10.1. The van der Waals surface area contributed by atoms with Gasteiger partial charge in [0.15, 0.2) is 0 Å². The molecule has 0 aromatic heterocycles. The minimum atomic E-state index is -0.539. The molecule has 0 heterocycles. The highest BCUT2D eigenvalue weighted by atomic mass is 79.9. The second kappa shape index (κ2) is 6.63. The lowest BCUT2D eigenvalue weighted by Crippen LogP contribution is -2.40. The Morgan fingerprint density at radius 2 is 2.16 bits per heavy atom. The van der Waals surface area contributed by atoms with Gasteiger partial charge in [-0.05, 0) is 27.9 Å². The predicted molar refractivity (Wildman–Crippen MR) is 75.9 cm³/mol. The summed E-state index contributed by atoms with van der Waals surface area (Å²) in [4.78, 5) is 22.1.